The number of fused-ring (bicyclic) bond motifs is 4. The third kappa shape index (κ3) is 3.78. The fraction of sp³-hybridized carbons (Fsp3) is 0.333. The molecule has 3 aromatic rings. The van der Waals surface area contributed by atoms with Gasteiger partial charge in [-0.2, -0.15) is 0 Å². The van der Waals surface area contributed by atoms with Crippen molar-refractivity contribution < 1.29 is 9.53 Å². The van der Waals surface area contributed by atoms with Crippen LogP contribution in [-0.4, -0.2) is 42.0 Å². The fourth-order valence-electron chi connectivity index (χ4n) is 5.48. The standard InChI is InChI=1S/C27H29N3O2/c1-3-18-17-30-14-12-19(18)16-25(30)26(23-11-13-28-24-10-5-4-9-22(23)24)29-27(31)20-7-6-8-21(15-20)32-2/h3-11,13,15,18-19,25-26H,1,12,14,16-17H2,2H3,(H,29,31)/t18-,19-,25+,26+/m0/s1. The minimum Gasteiger partial charge on any atom is -0.497 e. The third-order valence-corrected chi connectivity index (χ3v) is 7.18. The number of hydrogen-bond donors (Lipinski definition) is 1. The first-order chi connectivity index (χ1) is 15.7. The maximum absolute atomic E-state index is 13.4. The van der Waals surface area contributed by atoms with Gasteiger partial charge in [-0.1, -0.05) is 30.3 Å². The van der Waals surface area contributed by atoms with E-state index in [2.05, 4.69) is 40.0 Å². The molecular weight excluding hydrogens is 398 g/mol. The van der Waals surface area contributed by atoms with Gasteiger partial charge in [0.25, 0.3) is 5.91 Å². The van der Waals surface area contributed by atoms with Gasteiger partial charge in [0.2, 0.25) is 0 Å². The Labute approximate surface area is 189 Å². The van der Waals surface area contributed by atoms with Crippen molar-refractivity contribution in [2.45, 2.75) is 24.9 Å². The molecule has 3 saturated heterocycles. The molecule has 2 aromatic carbocycles. The van der Waals surface area contributed by atoms with Crippen molar-refractivity contribution in [3.05, 3.63) is 84.6 Å². The van der Waals surface area contributed by atoms with Gasteiger partial charge in [-0.15, -0.1) is 6.58 Å². The van der Waals surface area contributed by atoms with Crippen LogP contribution in [0.1, 0.15) is 34.8 Å². The molecule has 3 aliphatic rings. The molecule has 1 N–H and O–H groups in total. The molecule has 1 aromatic heterocycles. The first-order valence-electron chi connectivity index (χ1n) is 11.3. The van der Waals surface area contributed by atoms with Crippen molar-refractivity contribution in [1.82, 2.24) is 15.2 Å². The van der Waals surface area contributed by atoms with E-state index in [1.165, 1.54) is 6.42 Å². The van der Waals surface area contributed by atoms with E-state index < -0.39 is 0 Å². The van der Waals surface area contributed by atoms with Gasteiger partial charge in [-0.25, -0.2) is 0 Å². The van der Waals surface area contributed by atoms with Crippen LogP contribution in [-0.2, 0) is 0 Å². The smallest absolute Gasteiger partial charge is 0.251 e. The van der Waals surface area contributed by atoms with Gasteiger partial charge in [-0.3, -0.25) is 14.7 Å². The highest BCUT2D eigenvalue weighted by atomic mass is 16.5. The second-order valence-corrected chi connectivity index (χ2v) is 8.85. The number of aromatic nitrogens is 1. The number of carbonyl (C=O) groups is 1. The number of nitrogens with zero attached hydrogens (tertiary/aromatic N) is 2. The Hall–Kier alpha value is -3.18. The molecule has 4 heterocycles. The average molecular weight is 428 g/mol. The summed E-state index contributed by atoms with van der Waals surface area (Å²) in [5.41, 5.74) is 2.68. The van der Waals surface area contributed by atoms with E-state index in [4.69, 9.17) is 4.74 Å². The van der Waals surface area contributed by atoms with Crippen molar-refractivity contribution in [1.29, 1.82) is 0 Å². The molecule has 5 atom stereocenters. The third-order valence-electron chi connectivity index (χ3n) is 7.18. The van der Waals surface area contributed by atoms with Crippen molar-refractivity contribution in [3.63, 3.8) is 0 Å². The van der Waals surface area contributed by atoms with Crippen molar-refractivity contribution in [3.8, 4) is 5.75 Å². The zero-order valence-corrected chi connectivity index (χ0v) is 18.4. The van der Waals surface area contributed by atoms with E-state index in [1.54, 1.807) is 13.2 Å². The van der Waals surface area contributed by atoms with Gasteiger partial charge in [0, 0.05) is 29.7 Å². The minimum absolute atomic E-state index is 0.0855. The van der Waals surface area contributed by atoms with Crippen LogP contribution in [0.3, 0.4) is 0 Å². The lowest BCUT2D eigenvalue weighted by Gasteiger charge is -2.51. The summed E-state index contributed by atoms with van der Waals surface area (Å²) in [6.07, 6.45) is 6.21. The number of carbonyl (C=O) groups excluding carboxylic acids is 1. The Balaban J connectivity index is 1.53. The molecule has 2 bridgehead atoms. The van der Waals surface area contributed by atoms with Gasteiger partial charge in [0.05, 0.1) is 18.7 Å². The van der Waals surface area contributed by atoms with E-state index in [9.17, 15) is 4.79 Å². The summed E-state index contributed by atoms with van der Waals surface area (Å²) in [6.45, 7) is 6.13. The van der Waals surface area contributed by atoms with Gasteiger partial charge in [0.15, 0.2) is 0 Å². The number of methoxy groups -OCH3 is 1. The summed E-state index contributed by atoms with van der Waals surface area (Å²) in [5.74, 6) is 1.74. The van der Waals surface area contributed by atoms with Crippen molar-refractivity contribution in [2.75, 3.05) is 20.2 Å². The van der Waals surface area contributed by atoms with Gasteiger partial charge < -0.3 is 10.1 Å². The first-order valence-corrected chi connectivity index (χ1v) is 11.3. The molecule has 5 heteroatoms. The predicted octanol–water partition coefficient (Wildman–Crippen LogP) is 4.61. The quantitative estimate of drug-likeness (QED) is 0.584. The average Bonchev–Trinajstić information content (AvgIpc) is 2.87. The summed E-state index contributed by atoms with van der Waals surface area (Å²) in [4.78, 5) is 20.5. The van der Waals surface area contributed by atoms with Crippen LogP contribution in [0.5, 0.6) is 5.75 Å². The van der Waals surface area contributed by atoms with E-state index in [0.717, 1.165) is 36.0 Å². The van der Waals surface area contributed by atoms with E-state index in [1.807, 2.05) is 42.6 Å². The van der Waals surface area contributed by atoms with Crippen LogP contribution in [0.25, 0.3) is 10.9 Å². The van der Waals surface area contributed by atoms with E-state index >= 15 is 0 Å². The van der Waals surface area contributed by atoms with E-state index in [0.29, 0.717) is 23.1 Å². The highest BCUT2D eigenvalue weighted by Crippen LogP contribution is 2.42. The molecule has 6 rings (SSSR count). The van der Waals surface area contributed by atoms with Crippen LogP contribution in [0, 0.1) is 11.8 Å². The lowest BCUT2D eigenvalue weighted by Crippen LogP contribution is -2.57. The molecule has 5 nitrogen and oxygen atoms in total. The Kier molecular flexibility index (Phi) is 5.66. The molecule has 32 heavy (non-hydrogen) atoms. The summed E-state index contributed by atoms with van der Waals surface area (Å²) in [7, 11) is 1.62. The summed E-state index contributed by atoms with van der Waals surface area (Å²) < 4.78 is 5.33. The Morgan fingerprint density at radius 1 is 1.25 bits per heavy atom. The summed E-state index contributed by atoms with van der Waals surface area (Å²) >= 11 is 0. The molecule has 0 spiro atoms. The first kappa shape index (κ1) is 20.7. The topological polar surface area (TPSA) is 54.5 Å². The highest BCUT2D eigenvalue weighted by molar-refractivity contribution is 5.95. The number of piperidine rings is 3. The maximum Gasteiger partial charge on any atom is 0.251 e. The number of nitrogens with one attached hydrogen (secondary N) is 1. The number of amides is 1. The largest absolute Gasteiger partial charge is 0.497 e. The molecule has 3 aliphatic heterocycles. The number of rotatable bonds is 6. The van der Waals surface area contributed by atoms with E-state index in [-0.39, 0.29) is 18.0 Å². The second-order valence-electron chi connectivity index (χ2n) is 8.85. The van der Waals surface area contributed by atoms with Crippen LogP contribution >= 0.6 is 0 Å². The number of pyridine rings is 1. The Morgan fingerprint density at radius 3 is 2.91 bits per heavy atom. The number of ether oxygens (including phenoxy) is 1. The van der Waals surface area contributed by atoms with Crippen LogP contribution < -0.4 is 10.1 Å². The lowest BCUT2D eigenvalue weighted by molar-refractivity contribution is 0.00170. The van der Waals surface area contributed by atoms with Crippen LogP contribution in [0.15, 0.2) is 73.4 Å². The SMILES string of the molecule is C=C[C@H]1CN2CC[C@H]1C[C@@H]2[C@H](NC(=O)c1cccc(OC)c1)c1ccnc2ccccc12. The summed E-state index contributed by atoms with van der Waals surface area (Å²) in [6, 6.07) is 17.7. The molecular formula is C27H29N3O2. The van der Waals surface area contributed by atoms with Gasteiger partial charge >= 0.3 is 0 Å². The van der Waals surface area contributed by atoms with Crippen molar-refractivity contribution >= 4 is 16.8 Å². The monoisotopic (exact) mass is 427 g/mol. The van der Waals surface area contributed by atoms with Crippen molar-refractivity contribution in [2.24, 2.45) is 11.8 Å². The minimum atomic E-state index is -0.129. The molecule has 1 unspecified atom stereocenters. The fourth-order valence-corrected chi connectivity index (χ4v) is 5.48. The van der Waals surface area contributed by atoms with Gasteiger partial charge in [0.1, 0.15) is 5.75 Å². The zero-order valence-electron chi connectivity index (χ0n) is 18.4. The maximum atomic E-state index is 13.4. The van der Waals surface area contributed by atoms with Crippen LogP contribution in [0.2, 0.25) is 0 Å². The molecule has 1 amide bonds. The summed E-state index contributed by atoms with van der Waals surface area (Å²) in [5, 5.41) is 4.48. The number of para-hydroxylation sites is 1. The molecule has 164 valence electrons. The molecule has 3 fully saturated rings. The predicted molar refractivity (Wildman–Crippen MR) is 127 cm³/mol. The Bertz CT molecular complexity index is 1140. The second kappa shape index (κ2) is 8.75. The zero-order chi connectivity index (χ0) is 22.1. The normalized spacial score (nSPS) is 25.3. The molecule has 0 radical (unpaired) electrons. The van der Waals surface area contributed by atoms with Gasteiger partial charge in [-0.05, 0) is 67.1 Å². The van der Waals surface area contributed by atoms with Crippen LogP contribution in [0.4, 0.5) is 0 Å². The Morgan fingerprint density at radius 2 is 2.12 bits per heavy atom. The number of hydrogen-bond acceptors (Lipinski definition) is 4. The highest BCUT2D eigenvalue weighted by Gasteiger charge is 2.43. The lowest BCUT2D eigenvalue weighted by atomic mass is 9.73. The molecule has 0 aliphatic carbocycles. The molecule has 0 saturated carbocycles. The number of benzene rings is 2.